The number of amides is 3. The van der Waals surface area contributed by atoms with E-state index in [9.17, 15) is 22.8 Å². The van der Waals surface area contributed by atoms with Crippen molar-refractivity contribution in [2.45, 2.75) is 37.6 Å². The summed E-state index contributed by atoms with van der Waals surface area (Å²) in [5, 5.41) is 4.53. The molecule has 1 aromatic carbocycles. The molecule has 0 spiro atoms. The second-order valence-corrected chi connectivity index (χ2v) is 8.14. The Balaban J connectivity index is 2.30. The average Bonchev–Trinajstić information content (AvgIpc) is 2.51. The number of ether oxygens (including phenoxy) is 1. The molecule has 9 nitrogen and oxygen atoms in total. The third kappa shape index (κ3) is 8.58. The minimum absolute atomic E-state index is 0.0811. The lowest BCUT2D eigenvalue weighted by molar-refractivity contribution is -0.148. The molecule has 0 bridgehead atoms. The second kappa shape index (κ2) is 9.30. The normalized spacial score (nSPS) is 11.5. The van der Waals surface area contributed by atoms with Gasteiger partial charge in [0.1, 0.15) is 0 Å². The number of carbonyl (C=O) groups excluding carboxylic acids is 3. The van der Waals surface area contributed by atoms with E-state index >= 15 is 0 Å². The second-order valence-electron chi connectivity index (χ2n) is 6.37. The van der Waals surface area contributed by atoms with Crippen LogP contribution < -0.4 is 15.4 Å². The van der Waals surface area contributed by atoms with Crippen molar-refractivity contribution in [3.63, 3.8) is 0 Å². The van der Waals surface area contributed by atoms with Gasteiger partial charge in [-0.25, -0.2) is 17.9 Å². The van der Waals surface area contributed by atoms with Crippen molar-refractivity contribution in [1.29, 1.82) is 0 Å². The molecule has 0 aliphatic rings. The Morgan fingerprint density at radius 2 is 1.69 bits per heavy atom. The Morgan fingerprint density at radius 1 is 1.08 bits per heavy atom. The van der Waals surface area contributed by atoms with E-state index in [1.807, 2.05) is 5.32 Å². The molecular weight excluding hydrogens is 362 g/mol. The van der Waals surface area contributed by atoms with Crippen LogP contribution in [-0.2, 0) is 24.3 Å². The van der Waals surface area contributed by atoms with Crippen LogP contribution in [0.2, 0.25) is 0 Å². The Morgan fingerprint density at radius 3 is 2.27 bits per heavy atom. The minimum Gasteiger partial charge on any atom is -0.456 e. The van der Waals surface area contributed by atoms with Gasteiger partial charge in [0.05, 0.1) is 11.3 Å². The summed E-state index contributed by atoms with van der Waals surface area (Å²) in [5.74, 6) is -1.56. The van der Waals surface area contributed by atoms with Crippen LogP contribution >= 0.6 is 0 Å². The summed E-state index contributed by atoms with van der Waals surface area (Å²) >= 11 is 0. The van der Waals surface area contributed by atoms with Gasteiger partial charge in [0, 0.05) is 12.1 Å². The number of sulfonamides is 1. The van der Waals surface area contributed by atoms with Crippen LogP contribution in [0, 0.1) is 0 Å². The van der Waals surface area contributed by atoms with Gasteiger partial charge in [-0.2, -0.15) is 0 Å². The third-order valence-electron chi connectivity index (χ3n) is 2.78. The zero-order valence-corrected chi connectivity index (χ0v) is 15.7. The van der Waals surface area contributed by atoms with E-state index in [4.69, 9.17) is 0 Å². The molecule has 0 aromatic heterocycles. The lowest BCUT2D eigenvalue weighted by atomic mass is 10.1. The molecule has 10 heteroatoms. The standard InChI is InChI=1S/C16H23N3O6S/c1-16(2,3)19-15(22)18-13(20)11-25-14(21)9-10-17-26(23,24)12-7-5-4-6-8-12/h4-8,17H,9-11H2,1-3H3,(H2,18,19,20,22). The molecule has 1 rings (SSSR count). The van der Waals surface area contributed by atoms with Crippen LogP contribution in [0.3, 0.4) is 0 Å². The summed E-state index contributed by atoms with van der Waals surface area (Å²) in [6.07, 6.45) is -0.256. The minimum atomic E-state index is -3.71. The summed E-state index contributed by atoms with van der Waals surface area (Å²) in [7, 11) is -3.71. The van der Waals surface area contributed by atoms with E-state index in [0.717, 1.165) is 0 Å². The van der Waals surface area contributed by atoms with Crippen LogP contribution in [0.15, 0.2) is 35.2 Å². The van der Waals surface area contributed by atoms with Gasteiger partial charge >= 0.3 is 12.0 Å². The van der Waals surface area contributed by atoms with E-state index in [1.54, 1.807) is 39.0 Å². The van der Waals surface area contributed by atoms with E-state index in [2.05, 4.69) is 14.8 Å². The van der Waals surface area contributed by atoms with Crippen LogP contribution in [0.5, 0.6) is 0 Å². The molecule has 3 N–H and O–H groups in total. The lowest BCUT2D eigenvalue weighted by Gasteiger charge is -2.20. The smallest absolute Gasteiger partial charge is 0.321 e. The molecule has 0 atom stereocenters. The Labute approximate surface area is 152 Å². The zero-order valence-electron chi connectivity index (χ0n) is 14.9. The molecule has 144 valence electrons. The summed E-state index contributed by atoms with van der Waals surface area (Å²) in [5.41, 5.74) is -0.517. The Kier molecular flexibility index (Phi) is 7.72. The molecule has 0 aliphatic carbocycles. The van der Waals surface area contributed by atoms with Crippen molar-refractivity contribution < 1.29 is 27.5 Å². The largest absolute Gasteiger partial charge is 0.456 e. The average molecular weight is 385 g/mol. The van der Waals surface area contributed by atoms with Crippen LogP contribution in [0.4, 0.5) is 4.79 Å². The molecule has 0 saturated carbocycles. The quantitative estimate of drug-likeness (QED) is 0.587. The van der Waals surface area contributed by atoms with E-state index < -0.39 is 40.1 Å². The van der Waals surface area contributed by atoms with Gasteiger partial charge in [0.2, 0.25) is 10.0 Å². The number of benzene rings is 1. The van der Waals surface area contributed by atoms with Crippen LogP contribution in [0.25, 0.3) is 0 Å². The summed E-state index contributed by atoms with van der Waals surface area (Å²) in [4.78, 5) is 34.6. The number of imide groups is 1. The fourth-order valence-electron chi connectivity index (χ4n) is 1.72. The topological polar surface area (TPSA) is 131 Å². The summed E-state index contributed by atoms with van der Waals surface area (Å²) < 4.78 is 30.8. The Bertz CT molecular complexity index is 741. The van der Waals surface area contributed by atoms with Crippen molar-refractivity contribution in [2.75, 3.05) is 13.2 Å². The maximum absolute atomic E-state index is 11.9. The predicted octanol–water partition coefficient (Wildman–Crippen LogP) is 0.523. The van der Waals surface area contributed by atoms with E-state index in [0.29, 0.717) is 0 Å². The Hall–Kier alpha value is -2.46. The molecule has 0 unspecified atom stereocenters. The van der Waals surface area contributed by atoms with Crippen molar-refractivity contribution in [2.24, 2.45) is 0 Å². The number of carbonyl (C=O) groups is 3. The third-order valence-corrected chi connectivity index (χ3v) is 4.26. The van der Waals surface area contributed by atoms with Gasteiger partial charge < -0.3 is 10.1 Å². The van der Waals surface area contributed by atoms with Crippen LogP contribution in [-0.4, -0.2) is 45.0 Å². The van der Waals surface area contributed by atoms with E-state index in [-0.39, 0.29) is 17.9 Å². The molecule has 0 radical (unpaired) electrons. The molecule has 26 heavy (non-hydrogen) atoms. The predicted molar refractivity (Wildman–Crippen MR) is 93.6 cm³/mol. The first-order chi connectivity index (χ1) is 12.0. The number of hydrogen-bond donors (Lipinski definition) is 3. The highest BCUT2D eigenvalue weighted by molar-refractivity contribution is 7.89. The molecule has 0 saturated heterocycles. The molecule has 0 fully saturated rings. The fraction of sp³-hybridized carbons (Fsp3) is 0.438. The van der Waals surface area contributed by atoms with Gasteiger partial charge in [-0.3, -0.25) is 14.9 Å². The number of hydrogen-bond acceptors (Lipinski definition) is 6. The van der Waals surface area contributed by atoms with Gasteiger partial charge in [-0.05, 0) is 32.9 Å². The first-order valence-electron chi connectivity index (χ1n) is 7.82. The fourth-order valence-corrected chi connectivity index (χ4v) is 2.78. The van der Waals surface area contributed by atoms with Crippen molar-refractivity contribution in [3.8, 4) is 0 Å². The number of urea groups is 1. The first kappa shape index (κ1) is 21.6. The molecule has 3 amide bonds. The van der Waals surface area contributed by atoms with E-state index in [1.165, 1.54) is 12.1 Å². The maximum atomic E-state index is 11.9. The lowest BCUT2D eigenvalue weighted by Crippen LogP contribution is -2.49. The molecule has 0 aliphatic heterocycles. The summed E-state index contributed by atoms with van der Waals surface area (Å²) in [6.45, 7) is 4.42. The number of rotatable bonds is 7. The zero-order chi connectivity index (χ0) is 19.8. The SMILES string of the molecule is CC(C)(C)NC(=O)NC(=O)COC(=O)CCNS(=O)(=O)c1ccccc1. The van der Waals surface area contributed by atoms with Crippen molar-refractivity contribution in [3.05, 3.63) is 30.3 Å². The number of nitrogens with one attached hydrogen (secondary N) is 3. The molecule has 1 aromatic rings. The molecule has 0 heterocycles. The van der Waals surface area contributed by atoms with Gasteiger partial charge in [-0.15, -0.1) is 0 Å². The van der Waals surface area contributed by atoms with Crippen molar-refractivity contribution in [1.82, 2.24) is 15.4 Å². The van der Waals surface area contributed by atoms with Gasteiger partial charge in [0.15, 0.2) is 6.61 Å². The maximum Gasteiger partial charge on any atom is 0.321 e. The summed E-state index contributed by atoms with van der Waals surface area (Å²) in [6, 6.07) is 6.99. The monoisotopic (exact) mass is 385 g/mol. The van der Waals surface area contributed by atoms with Gasteiger partial charge in [0.25, 0.3) is 5.91 Å². The first-order valence-corrected chi connectivity index (χ1v) is 9.30. The molecular formula is C16H23N3O6S. The van der Waals surface area contributed by atoms with Gasteiger partial charge in [-0.1, -0.05) is 18.2 Å². The number of esters is 1. The highest BCUT2D eigenvalue weighted by Gasteiger charge is 2.17. The van der Waals surface area contributed by atoms with Crippen molar-refractivity contribution >= 4 is 27.9 Å². The highest BCUT2D eigenvalue weighted by Crippen LogP contribution is 2.06. The van der Waals surface area contributed by atoms with Crippen LogP contribution in [0.1, 0.15) is 27.2 Å². The highest BCUT2D eigenvalue weighted by atomic mass is 32.2.